The predicted molar refractivity (Wildman–Crippen MR) is 199 cm³/mol. The topological polar surface area (TPSA) is 183 Å². The van der Waals surface area contributed by atoms with Crippen LogP contribution in [0.25, 0.3) is 0 Å². The molecule has 0 saturated carbocycles. The molecule has 0 aromatic heterocycles. The number of hydrogen-bond donors (Lipinski definition) is 4. The van der Waals surface area contributed by atoms with E-state index in [4.69, 9.17) is 39.6 Å². The van der Waals surface area contributed by atoms with Gasteiger partial charge in [-0.15, -0.1) is 6.42 Å². The van der Waals surface area contributed by atoms with E-state index >= 15 is 0 Å². The Morgan fingerprint density at radius 2 is 1.56 bits per heavy atom. The van der Waals surface area contributed by atoms with Crippen LogP contribution in [0.15, 0.2) is 0 Å². The molecule has 3 fully saturated rings. The molecule has 0 aromatic rings. The fourth-order valence-electron chi connectivity index (χ4n) is 8.73. The molecule has 4 N–H and O–H groups in total. The molecule has 14 heteroatoms. The van der Waals surface area contributed by atoms with Gasteiger partial charge in [0.2, 0.25) is 0 Å². The fourth-order valence-corrected chi connectivity index (χ4v) is 8.73. The van der Waals surface area contributed by atoms with Gasteiger partial charge in [-0.1, -0.05) is 33.6 Å². The van der Waals surface area contributed by atoms with Crippen LogP contribution in [0.1, 0.15) is 94.9 Å². The Morgan fingerprint density at radius 1 is 0.926 bits per heavy atom. The van der Waals surface area contributed by atoms with Crippen molar-refractivity contribution in [2.24, 2.45) is 23.7 Å². The molecule has 0 spiro atoms. The van der Waals surface area contributed by atoms with Gasteiger partial charge in [0.05, 0.1) is 47.6 Å². The zero-order valence-corrected chi connectivity index (χ0v) is 34.7. The van der Waals surface area contributed by atoms with Crippen molar-refractivity contribution in [2.75, 3.05) is 27.8 Å². The summed E-state index contributed by atoms with van der Waals surface area (Å²) in [7, 11) is 5.22. The van der Waals surface area contributed by atoms with E-state index < -0.39 is 102 Å². The van der Waals surface area contributed by atoms with E-state index in [1.807, 2.05) is 32.8 Å². The average Bonchev–Trinajstić information content (AvgIpc) is 3.11. The number of carbonyl (C=O) groups is 2. The van der Waals surface area contributed by atoms with Crippen LogP contribution in [0.2, 0.25) is 0 Å². The molecule has 3 aliphatic rings. The summed E-state index contributed by atoms with van der Waals surface area (Å²) in [5.41, 5.74) is -4.43. The molecular weight excluding hydrogens is 702 g/mol. The van der Waals surface area contributed by atoms with E-state index in [9.17, 15) is 30.0 Å². The van der Waals surface area contributed by atoms with Gasteiger partial charge < -0.3 is 58.5 Å². The van der Waals surface area contributed by atoms with E-state index in [2.05, 4.69) is 5.92 Å². The number of likely N-dealkylation sites (N-methyl/N-ethyl adjacent to an activating group) is 1. The van der Waals surface area contributed by atoms with Gasteiger partial charge >= 0.3 is 5.97 Å². The van der Waals surface area contributed by atoms with Crippen molar-refractivity contribution < 1.29 is 63.2 Å². The molecule has 18 atom stereocenters. The Balaban J connectivity index is 2.27. The summed E-state index contributed by atoms with van der Waals surface area (Å²) in [5.74, 6) is -2.23. The first kappa shape index (κ1) is 46.6. The molecule has 8 unspecified atom stereocenters. The van der Waals surface area contributed by atoms with Gasteiger partial charge in [-0.2, -0.15) is 0 Å². The third-order valence-corrected chi connectivity index (χ3v) is 12.3. The van der Waals surface area contributed by atoms with Crippen molar-refractivity contribution >= 4 is 11.8 Å². The first-order chi connectivity index (χ1) is 25.0. The monoisotopic (exact) mass is 771 g/mol. The molecule has 0 aliphatic carbocycles. The molecule has 14 nitrogen and oxygen atoms in total. The van der Waals surface area contributed by atoms with Crippen molar-refractivity contribution in [3.63, 3.8) is 0 Å². The van der Waals surface area contributed by atoms with Gasteiger partial charge in [0.1, 0.15) is 36.3 Å². The molecule has 3 heterocycles. The second kappa shape index (κ2) is 18.7. The summed E-state index contributed by atoms with van der Waals surface area (Å²) in [6.45, 7) is 16.7. The van der Waals surface area contributed by atoms with Crippen LogP contribution in [0, 0.1) is 36.0 Å². The number of esters is 1. The zero-order chi connectivity index (χ0) is 41.1. The largest absolute Gasteiger partial charge is 0.459 e. The third kappa shape index (κ3) is 10.0. The van der Waals surface area contributed by atoms with Crippen molar-refractivity contribution in [1.29, 1.82) is 0 Å². The number of methoxy groups -OCH3 is 1. The molecule has 0 bridgehead atoms. The number of ketones is 1. The number of Topliss-reactive ketones (excluding diaryl/α,β-unsaturated/α-hetero) is 1. The van der Waals surface area contributed by atoms with Gasteiger partial charge in [0.15, 0.2) is 12.6 Å². The molecule has 312 valence electrons. The predicted octanol–water partition coefficient (Wildman–Crippen LogP) is 2.44. The SMILES string of the molecule is C#CCO[C@@]1(C)C[C@@H](C)C(=O)[C@H](C)C(O)[C@](C)(O)[C@@H](CC)OC(=O)[C@H](C)C(OC2C[C@@](C)(OC)C(O)[C@H](C)O2)[C@H](C)C1OC1O[C@H](C)CC(N(C)C)C1O. The number of rotatable bonds is 9. The number of aliphatic hydroxyl groups excluding tert-OH is 3. The molecule has 3 rings (SSSR count). The lowest BCUT2D eigenvalue weighted by atomic mass is 9.73. The summed E-state index contributed by atoms with van der Waals surface area (Å²) in [6, 6.07) is -0.316. The molecule has 0 amide bonds. The van der Waals surface area contributed by atoms with E-state index in [0.717, 1.165) is 0 Å². The third-order valence-electron chi connectivity index (χ3n) is 12.3. The Kier molecular flexibility index (Phi) is 16.1. The minimum absolute atomic E-state index is 0.0326. The lowest BCUT2D eigenvalue weighted by Gasteiger charge is -2.50. The highest BCUT2D eigenvalue weighted by Gasteiger charge is 2.54. The maximum Gasteiger partial charge on any atom is 0.311 e. The van der Waals surface area contributed by atoms with Crippen LogP contribution in [-0.4, -0.2) is 149 Å². The normalized spacial score (nSPS) is 47.5. The maximum atomic E-state index is 14.2. The van der Waals surface area contributed by atoms with Crippen molar-refractivity contribution in [1.82, 2.24) is 4.90 Å². The lowest BCUT2D eigenvalue weighted by Crippen LogP contribution is -2.61. The summed E-state index contributed by atoms with van der Waals surface area (Å²) in [5, 5.41) is 45.8. The van der Waals surface area contributed by atoms with Gasteiger partial charge in [-0.3, -0.25) is 9.59 Å². The van der Waals surface area contributed by atoms with Crippen LogP contribution in [0.5, 0.6) is 0 Å². The van der Waals surface area contributed by atoms with E-state index in [1.165, 1.54) is 21.0 Å². The number of carbonyl (C=O) groups excluding carboxylic acids is 2. The van der Waals surface area contributed by atoms with Crippen LogP contribution in [-0.2, 0) is 42.7 Å². The summed E-state index contributed by atoms with van der Waals surface area (Å²) < 4.78 is 44.2. The van der Waals surface area contributed by atoms with Gasteiger partial charge in [-0.25, -0.2) is 0 Å². The quantitative estimate of drug-likeness (QED) is 0.198. The number of cyclic esters (lactones) is 1. The van der Waals surface area contributed by atoms with Gasteiger partial charge in [0.25, 0.3) is 0 Å². The Hall–Kier alpha value is -1.74. The van der Waals surface area contributed by atoms with Crippen LogP contribution < -0.4 is 0 Å². The van der Waals surface area contributed by atoms with Crippen molar-refractivity contribution in [2.45, 2.75) is 179 Å². The van der Waals surface area contributed by atoms with Crippen LogP contribution in [0.3, 0.4) is 0 Å². The fraction of sp³-hybridized carbons (Fsp3) is 0.900. The Bertz CT molecular complexity index is 1290. The second-order valence-electron chi connectivity index (χ2n) is 16.9. The van der Waals surface area contributed by atoms with E-state index in [1.54, 1.807) is 41.5 Å². The number of nitrogens with zero attached hydrogens (tertiary/aromatic N) is 1. The van der Waals surface area contributed by atoms with E-state index in [0.29, 0.717) is 6.42 Å². The standard InChI is InChI=1S/C40H69NO13/c1-15-17-49-39(10)19-21(3)30(42)23(5)33(44)40(11,47)28(16-2)52-36(46)25(7)32(53-29-20-38(9,48-14)34(45)26(8)51-29)24(6)35(39)54-37-31(43)27(41(12)13)18-22(4)50-37/h1,21-29,31-35,37,43-45,47H,16-20H2,2-14H3/t21-,22-,23+,24+,25-,26+,27?,28-,29?,31?,32?,33?,34?,35?,37?,38-,39+,40-/m1/s1. The van der Waals surface area contributed by atoms with Gasteiger partial charge in [0, 0.05) is 37.3 Å². The second-order valence-corrected chi connectivity index (χ2v) is 16.9. The van der Waals surface area contributed by atoms with Crippen LogP contribution >= 0.6 is 0 Å². The minimum Gasteiger partial charge on any atom is -0.459 e. The van der Waals surface area contributed by atoms with Gasteiger partial charge in [-0.05, 0) is 74.9 Å². The number of hydrogen-bond acceptors (Lipinski definition) is 14. The Morgan fingerprint density at radius 3 is 2.11 bits per heavy atom. The van der Waals surface area contributed by atoms with Crippen LogP contribution in [0.4, 0.5) is 0 Å². The highest BCUT2D eigenvalue weighted by atomic mass is 16.7. The molecular formula is C40H69NO13. The number of terminal acetylenes is 1. The van der Waals surface area contributed by atoms with E-state index in [-0.39, 0.29) is 43.8 Å². The number of ether oxygens (including phenoxy) is 7. The average molecular weight is 772 g/mol. The zero-order valence-electron chi connectivity index (χ0n) is 34.7. The first-order valence-electron chi connectivity index (χ1n) is 19.4. The smallest absolute Gasteiger partial charge is 0.311 e. The highest BCUT2D eigenvalue weighted by Crippen LogP contribution is 2.42. The summed E-state index contributed by atoms with van der Waals surface area (Å²) in [4.78, 5) is 30.2. The van der Waals surface area contributed by atoms with Crippen molar-refractivity contribution in [3.8, 4) is 12.3 Å². The summed E-state index contributed by atoms with van der Waals surface area (Å²) >= 11 is 0. The minimum atomic E-state index is -1.99. The summed E-state index contributed by atoms with van der Waals surface area (Å²) in [6.07, 6.45) is -3.54. The lowest BCUT2D eigenvalue weighted by molar-refractivity contribution is -0.320. The highest BCUT2D eigenvalue weighted by molar-refractivity contribution is 5.83. The first-order valence-corrected chi connectivity index (χ1v) is 19.4. The van der Waals surface area contributed by atoms with Crippen molar-refractivity contribution in [3.05, 3.63) is 0 Å². The maximum absolute atomic E-state index is 14.2. The molecule has 0 aromatic carbocycles. The molecule has 3 saturated heterocycles. The molecule has 54 heavy (non-hydrogen) atoms. The molecule has 3 aliphatic heterocycles. The Labute approximate surface area is 322 Å². The molecule has 0 radical (unpaired) electrons. The number of aliphatic hydroxyl groups is 4.